The van der Waals surface area contributed by atoms with Crippen molar-refractivity contribution in [2.45, 2.75) is 38.1 Å². The Morgan fingerprint density at radius 1 is 1.41 bits per heavy atom. The van der Waals surface area contributed by atoms with E-state index in [4.69, 9.17) is 23.2 Å². The second-order valence-corrected chi connectivity index (χ2v) is 6.61. The van der Waals surface area contributed by atoms with Crippen molar-refractivity contribution in [1.29, 1.82) is 0 Å². The van der Waals surface area contributed by atoms with Gasteiger partial charge in [-0.15, -0.1) is 0 Å². The van der Waals surface area contributed by atoms with Crippen LogP contribution in [0, 0.1) is 6.92 Å². The summed E-state index contributed by atoms with van der Waals surface area (Å²) in [5.41, 5.74) is 2.29. The number of aromatic amines is 1. The molecule has 1 saturated carbocycles. The number of nitrogens with zero attached hydrogens (tertiary/aromatic N) is 1. The average Bonchev–Trinajstić information content (AvgIpc) is 2.83. The van der Waals surface area contributed by atoms with Crippen LogP contribution in [0.15, 0.2) is 24.4 Å². The van der Waals surface area contributed by atoms with Crippen LogP contribution in [0.5, 0.6) is 0 Å². The fraction of sp³-hybridized carbons (Fsp3) is 0.375. The highest BCUT2D eigenvalue weighted by Gasteiger charge is 2.46. The molecule has 1 aromatic heterocycles. The number of rotatable bonds is 4. The molecule has 2 N–H and O–H groups in total. The van der Waals surface area contributed by atoms with Gasteiger partial charge in [0.25, 0.3) is 0 Å². The zero-order valence-electron chi connectivity index (χ0n) is 12.2. The topological polar surface area (TPSA) is 57.8 Å². The number of carbonyl (C=O) groups is 1. The molecule has 4 nitrogen and oxygen atoms in total. The highest BCUT2D eigenvalue weighted by Crippen LogP contribution is 2.47. The van der Waals surface area contributed by atoms with E-state index in [-0.39, 0.29) is 5.91 Å². The number of halogens is 2. The van der Waals surface area contributed by atoms with E-state index >= 15 is 0 Å². The third-order valence-corrected chi connectivity index (χ3v) is 5.01. The predicted molar refractivity (Wildman–Crippen MR) is 87.2 cm³/mol. The first-order valence-corrected chi connectivity index (χ1v) is 8.01. The standard InChI is InChI=1S/C16H17Cl2N3O/c1-10-11(9-20-21-10)8-19-15(22)16(5-2-6-16)13-4-3-12(17)7-14(13)18/h3-4,7,9H,2,5-6,8H2,1H3,(H,19,22)(H,20,21). The number of aromatic nitrogens is 2. The first-order valence-electron chi connectivity index (χ1n) is 7.25. The number of aryl methyl sites for hydroxylation is 1. The quantitative estimate of drug-likeness (QED) is 0.892. The van der Waals surface area contributed by atoms with Gasteiger partial charge in [-0.05, 0) is 37.5 Å². The molecule has 1 heterocycles. The molecule has 3 rings (SSSR count). The summed E-state index contributed by atoms with van der Waals surface area (Å²) in [7, 11) is 0. The molecule has 0 bridgehead atoms. The Kier molecular flexibility index (Phi) is 4.15. The largest absolute Gasteiger partial charge is 0.351 e. The molecule has 1 aromatic carbocycles. The number of carbonyl (C=O) groups excluding carboxylic acids is 1. The maximum Gasteiger partial charge on any atom is 0.230 e. The summed E-state index contributed by atoms with van der Waals surface area (Å²) in [5.74, 6) is 0.0172. The minimum Gasteiger partial charge on any atom is -0.351 e. The van der Waals surface area contributed by atoms with Crippen LogP contribution in [0.4, 0.5) is 0 Å². The van der Waals surface area contributed by atoms with E-state index in [0.29, 0.717) is 16.6 Å². The van der Waals surface area contributed by atoms with Crippen molar-refractivity contribution in [3.05, 3.63) is 51.3 Å². The average molecular weight is 338 g/mol. The summed E-state index contributed by atoms with van der Waals surface area (Å²) < 4.78 is 0. The Morgan fingerprint density at radius 2 is 2.18 bits per heavy atom. The summed E-state index contributed by atoms with van der Waals surface area (Å²) in [6.07, 6.45) is 4.38. The van der Waals surface area contributed by atoms with Gasteiger partial charge in [0, 0.05) is 27.8 Å². The van der Waals surface area contributed by atoms with Crippen LogP contribution >= 0.6 is 23.2 Å². The van der Waals surface area contributed by atoms with Gasteiger partial charge < -0.3 is 5.32 Å². The van der Waals surface area contributed by atoms with Gasteiger partial charge in [0.15, 0.2) is 0 Å². The number of H-pyrrole nitrogens is 1. The summed E-state index contributed by atoms with van der Waals surface area (Å²) >= 11 is 12.3. The number of amides is 1. The Balaban J connectivity index is 1.80. The number of hydrogen-bond acceptors (Lipinski definition) is 2. The van der Waals surface area contributed by atoms with Gasteiger partial charge in [0.1, 0.15) is 0 Å². The molecule has 22 heavy (non-hydrogen) atoms. The van der Waals surface area contributed by atoms with Crippen molar-refractivity contribution in [2.24, 2.45) is 0 Å². The van der Waals surface area contributed by atoms with Gasteiger partial charge in [0.05, 0.1) is 11.6 Å². The van der Waals surface area contributed by atoms with Gasteiger partial charge in [-0.1, -0.05) is 35.7 Å². The molecule has 2 aromatic rings. The maximum absolute atomic E-state index is 12.8. The molecule has 0 spiro atoms. The molecule has 0 aliphatic heterocycles. The highest BCUT2D eigenvalue weighted by atomic mass is 35.5. The summed E-state index contributed by atoms with van der Waals surface area (Å²) in [5, 5.41) is 11.0. The van der Waals surface area contributed by atoms with Crippen molar-refractivity contribution in [1.82, 2.24) is 15.5 Å². The predicted octanol–water partition coefficient (Wildman–Crippen LogP) is 3.76. The summed E-state index contributed by atoms with van der Waals surface area (Å²) in [4.78, 5) is 12.8. The van der Waals surface area contributed by atoms with Gasteiger partial charge >= 0.3 is 0 Å². The first-order chi connectivity index (χ1) is 10.5. The van der Waals surface area contributed by atoms with Crippen molar-refractivity contribution in [2.75, 3.05) is 0 Å². The van der Waals surface area contributed by atoms with Crippen LogP contribution in [0.2, 0.25) is 10.0 Å². The van der Waals surface area contributed by atoms with E-state index in [1.807, 2.05) is 13.0 Å². The van der Waals surface area contributed by atoms with Crippen LogP contribution in [-0.2, 0) is 16.8 Å². The number of nitrogens with one attached hydrogen (secondary N) is 2. The lowest BCUT2D eigenvalue weighted by atomic mass is 9.63. The van der Waals surface area contributed by atoms with Crippen LogP contribution in [0.3, 0.4) is 0 Å². The van der Waals surface area contributed by atoms with Crippen LogP contribution in [0.1, 0.15) is 36.1 Å². The third-order valence-electron chi connectivity index (χ3n) is 4.46. The Hall–Kier alpha value is -1.52. The number of benzene rings is 1. The van der Waals surface area contributed by atoms with Crippen molar-refractivity contribution < 1.29 is 4.79 Å². The smallest absolute Gasteiger partial charge is 0.230 e. The highest BCUT2D eigenvalue weighted by molar-refractivity contribution is 6.35. The third kappa shape index (κ3) is 2.61. The van der Waals surface area contributed by atoms with E-state index in [1.54, 1.807) is 18.3 Å². The Morgan fingerprint density at radius 3 is 2.73 bits per heavy atom. The lowest BCUT2D eigenvalue weighted by Crippen LogP contribution is -2.49. The Bertz CT molecular complexity index is 707. The molecular formula is C16H17Cl2N3O. The molecule has 1 aliphatic carbocycles. The normalized spacial score (nSPS) is 16.1. The molecule has 0 saturated heterocycles. The second-order valence-electron chi connectivity index (χ2n) is 5.76. The Labute approximate surface area is 139 Å². The van der Waals surface area contributed by atoms with E-state index in [2.05, 4.69) is 15.5 Å². The van der Waals surface area contributed by atoms with Gasteiger partial charge in [-0.3, -0.25) is 9.89 Å². The first kappa shape index (κ1) is 15.4. The SMILES string of the molecule is Cc1[nH]ncc1CNC(=O)C1(c2ccc(Cl)cc2Cl)CCC1. The van der Waals surface area contributed by atoms with Crippen molar-refractivity contribution in [3.63, 3.8) is 0 Å². The van der Waals surface area contributed by atoms with Gasteiger partial charge in [-0.25, -0.2) is 0 Å². The molecule has 1 aliphatic rings. The van der Waals surface area contributed by atoms with Gasteiger partial charge in [0.2, 0.25) is 5.91 Å². The molecule has 0 unspecified atom stereocenters. The van der Waals surface area contributed by atoms with Gasteiger partial charge in [-0.2, -0.15) is 5.10 Å². The maximum atomic E-state index is 12.8. The zero-order valence-corrected chi connectivity index (χ0v) is 13.8. The van der Waals surface area contributed by atoms with Crippen LogP contribution < -0.4 is 5.32 Å². The molecule has 6 heteroatoms. The molecule has 0 radical (unpaired) electrons. The summed E-state index contributed by atoms with van der Waals surface area (Å²) in [6, 6.07) is 5.36. The van der Waals surface area contributed by atoms with Crippen molar-refractivity contribution >= 4 is 29.1 Å². The minimum atomic E-state index is -0.528. The molecule has 1 fully saturated rings. The fourth-order valence-corrected chi connectivity index (χ4v) is 3.51. The molecule has 116 valence electrons. The van der Waals surface area contributed by atoms with Crippen LogP contribution in [-0.4, -0.2) is 16.1 Å². The molecule has 1 amide bonds. The van der Waals surface area contributed by atoms with E-state index < -0.39 is 5.41 Å². The van der Waals surface area contributed by atoms with Crippen molar-refractivity contribution in [3.8, 4) is 0 Å². The second kappa shape index (κ2) is 5.94. The number of hydrogen-bond donors (Lipinski definition) is 2. The molecule has 0 atom stereocenters. The minimum absolute atomic E-state index is 0.0172. The van der Waals surface area contributed by atoms with E-state index in [0.717, 1.165) is 36.1 Å². The zero-order chi connectivity index (χ0) is 15.7. The lowest BCUT2D eigenvalue weighted by molar-refractivity contribution is -0.130. The fourth-order valence-electron chi connectivity index (χ4n) is 2.93. The van der Waals surface area contributed by atoms with Crippen LogP contribution in [0.25, 0.3) is 0 Å². The van der Waals surface area contributed by atoms with E-state index in [1.165, 1.54) is 0 Å². The molecular weight excluding hydrogens is 321 g/mol. The summed E-state index contributed by atoms with van der Waals surface area (Å²) in [6.45, 7) is 2.40. The monoisotopic (exact) mass is 337 g/mol. The lowest BCUT2D eigenvalue weighted by Gasteiger charge is -2.41. The van der Waals surface area contributed by atoms with E-state index in [9.17, 15) is 4.79 Å².